The van der Waals surface area contributed by atoms with E-state index in [9.17, 15) is 0 Å². The van der Waals surface area contributed by atoms with E-state index in [-0.39, 0.29) is 6.04 Å². The summed E-state index contributed by atoms with van der Waals surface area (Å²) in [6, 6.07) is 5.57. The molecule has 1 atom stereocenters. The van der Waals surface area contributed by atoms with Crippen LogP contribution in [0.2, 0.25) is 10.0 Å². The maximum atomic E-state index is 6.24. The van der Waals surface area contributed by atoms with Crippen LogP contribution in [0.4, 0.5) is 0 Å². The number of nitrogens with zero attached hydrogens (tertiary/aromatic N) is 1. The molecule has 0 aliphatic carbocycles. The van der Waals surface area contributed by atoms with E-state index < -0.39 is 0 Å². The molecule has 0 spiro atoms. The molecule has 1 heterocycles. The van der Waals surface area contributed by atoms with Gasteiger partial charge in [-0.25, -0.2) is 0 Å². The fraction of sp³-hybridized carbons (Fsp3) is 0.600. The van der Waals surface area contributed by atoms with Crippen LogP contribution in [0.1, 0.15) is 30.9 Å². The van der Waals surface area contributed by atoms with Gasteiger partial charge >= 0.3 is 0 Å². The van der Waals surface area contributed by atoms with Crippen molar-refractivity contribution in [3.63, 3.8) is 0 Å². The minimum absolute atomic E-state index is 0.0682. The molecule has 0 radical (unpaired) electrons. The molecule has 20 heavy (non-hydrogen) atoms. The summed E-state index contributed by atoms with van der Waals surface area (Å²) in [4.78, 5) is 2.44. The van der Waals surface area contributed by atoms with Crippen LogP contribution in [0.15, 0.2) is 18.2 Å². The highest BCUT2D eigenvalue weighted by Crippen LogP contribution is 2.30. The number of rotatable bonds is 5. The van der Waals surface area contributed by atoms with Crippen LogP contribution in [0.3, 0.4) is 0 Å². The number of piperidine rings is 1. The van der Waals surface area contributed by atoms with Crippen LogP contribution in [-0.2, 0) is 4.74 Å². The van der Waals surface area contributed by atoms with E-state index in [1.54, 1.807) is 13.2 Å². The quantitative estimate of drug-likeness (QED) is 0.903. The maximum Gasteiger partial charge on any atom is 0.0640 e. The third-order valence-corrected chi connectivity index (χ3v) is 4.84. The van der Waals surface area contributed by atoms with Gasteiger partial charge in [-0.3, -0.25) is 0 Å². The van der Waals surface area contributed by atoms with Crippen molar-refractivity contribution in [3.8, 4) is 0 Å². The van der Waals surface area contributed by atoms with Gasteiger partial charge in [0.15, 0.2) is 0 Å². The number of hydrogen-bond acceptors (Lipinski definition) is 3. The normalized spacial score (nSPS) is 19.2. The highest BCUT2D eigenvalue weighted by atomic mass is 35.5. The average molecular weight is 317 g/mol. The summed E-state index contributed by atoms with van der Waals surface area (Å²) < 4.78 is 5.38. The lowest BCUT2D eigenvalue weighted by molar-refractivity contribution is 0.0404. The minimum atomic E-state index is -0.0682. The van der Waals surface area contributed by atoms with Gasteiger partial charge in [-0.05, 0) is 37.4 Å². The van der Waals surface area contributed by atoms with Crippen molar-refractivity contribution in [3.05, 3.63) is 33.8 Å². The Hall–Kier alpha value is -0.320. The number of hydrogen-bond donors (Lipinski definition) is 1. The first-order valence-electron chi connectivity index (χ1n) is 7.06. The van der Waals surface area contributed by atoms with Crippen molar-refractivity contribution >= 4 is 23.2 Å². The molecule has 1 saturated heterocycles. The number of nitrogens with two attached hydrogens (primary N) is 1. The fourth-order valence-electron chi connectivity index (χ4n) is 2.65. The molecule has 0 aromatic heterocycles. The Balaban J connectivity index is 1.83. The zero-order valence-electron chi connectivity index (χ0n) is 11.8. The third-order valence-electron chi connectivity index (χ3n) is 4.01. The smallest absolute Gasteiger partial charge is 0.0640 e. The average Bonchev–Trinajstić information content (AvgIpc) is 2.48. The Kier molecular flexibility index (Phi) is 6.12. The van der Waals surface area contributed by atoms with Gasteiger partial charge in [-0.1, -0.05) is 35.3 Å². The topological polar surface area (TPSA) is 38.5 Å². The second kappa shape index (κ2) is 7.62. The van der Waals surface area contributed by atoms with Gasteiger partial charge < -0.3 is 15.4 Å². The van der Waals surface area contributed by atoms with Crippen LogP contribution in [0.25, 0.3) is 0 Å². The summed E-state index contributed by atoms with van der Waals surface area (Å²) in [5.74, 6) is 0. The van der Waals surface area contributed by atoms with Gasteiger partial charge in [0.05, 0.1) is 16.1 Å². The molecular weight excluding hydrogens is 295 g/mol. The molecule has 112 valence electrons. The molecule has 5 heteroatoms. The van der Waals surface area contributed by atoms with Gasteiger partial charge in [0, 0.05) is 26.2 Å². The third kappa shape index (κ3) is 4.09. The van der Waals surface area contributed by atoms with E-state index in [2.05, 4.69) is 4.90 Å². The Morgan fingerprint density at radius 3 is 2.70 bits per heavy atom. The monoisotopic (exact) mass is 316 g/mol. The van der Waals surface area contributed by atoms with E-state index in [0.29, 0.717) is 16.1 Å². The van der Waals surface area contributed by atoms with Crippen molar-refractivity contribution in [2.75, 3.05) is 26.7 Å². The van der Waals surface area contributed by atoms with Crippen molar-refractivity contribution in [1.29, 1.82) is 0 Å². The Morgan fingerprint density at radius 1 is 1.35 bits per heavy atom. The lowest BCUT2D eigenvalue weighted by atomic mass is 10.0. The van der Waals surface area contributed by atoms with Crippen LogP contribution in [0, 0.1) is 0 Å². The van der Waals surface area contributed by atoms with Gasteiger partial charge in [0.2, 0.25) is 0 Å². The summed E-state index contributed by atoms with van der Waals surface area (Å²) in [7, 11) is 1.79. The Morgan fingerprint density at radius 2 is 2.05 bits per heavy atom. The second-order valence-electron chi connectivity index (χ2n) is 5.31. The molecule has 2 N–H and O–H groups in total. The molecule has 1 aliphatic heterocycles. The Bertz CT molecular complexity index is 434. The summed E-state index contributed by atoms with van der Waals surface area (Å²) in [6.07, 6.45) is 3.51. The molecule has 2 rings (SSSR count). The SMILES string of the molecule is COC1CCN(CCC(N)c2cccc(Cl)c2Cl)CC1. The zero-order chi connectivity index (χ0) is 14.5. The van der Waals surface area contributed by atoms with Crippen LogP contribution < -0.4 is 5.73 Å². The van der Waals surface area contributed by atoms with E-state index in [4.69, 9.17) is 33.7 Å². The summed E-state index contributed by atoms with van der Waals surface area (Å²) in [5, 5.41) is 1.15. The summed E-state index contributed by atoms with van der Waals surface area (Å²) in [6.45, 7) is 3.14. The predicted molar refractivity (Wildman–Crippen MR) is 84.5 cm³/mol. The highest BCUT2D eigenvalue weighted by molar-refractivity contribution is 6.42. The second-order valence-corrected chi connectivity index (χ2v) is 6.10. The van der Waals surface area contributed by atoms with Gasteiger partial charge in [-0.2, -0.15) is 0 Å². The maximum absolute atomic E-state index is 6.24. The van der Waals surface area contributed by atoms with Crippen molar-refractivity contribution in [2.24, 2.45) is 5.73 Å². The number of methoxy groups -OCH3 is 1. The number of likely N-dealkylation sites (tertiary alicyclic amines) is 1. The van der Waals surface area contributed by atoms with Crippen LogP contribution >= 0.6 is 23.2 Å². The first-order valence-corrected chi connectivity index (χ1v) is 7.82. The predicted octanol–water partition coefficient (Wildman–Crippen LogP) is 3.49. The first-order chi connectivity index (χ1) is 9.61. The number of ether oxygens (including phenoxy) is 1. The van der Waals surface area contributed by atoms with Crippen LogP contribution in [0.5, 0.6) is 0 Å². The largest absolute Gasteiger partial charge is 0.381 e. The summed E-state index contributed by atoms with van der Waals surface area (Å²) in [5.41, 5.74) is 7.18. The lowest BCUT2D eigenvalue weighted by Crippen LogP contribution is -2.38. The molecule has 1 aromatic carbocycles. The Labute approximate surface area is 131 Å². The summed E-state index contributed by atoms with van der Waals surface area (Å²) >= 11 is 12.2. The van der Waals surface area contributed by atoms with E-state index in [1.165, 1.54) is 0 Å². The number of benzene rings is 1. The van der Waals surface area contributed by atoms with Crippen LogP contribution in [-0.4, -0.2) is 37.7 Å². The first kappa shape index (κ1) is 16.1. The standard InChI is InChI=1S/C15H22Cl2N2O/c1-20-11-5-8-19(9-6-11)10-7-14(18)12-3-2-4-13(16)15(12)17/h2-4,11,14H,5-10,18H2,1H3. The molecule has 1 fully saturated rings. The van der Waals surface area contributed by atoms with Gasteiger partial charge in [-0.15, -0.1) is 0 Å². The number of halogens is 2. The molecule has 0 amide bonds. The van der Waals surface area contributed by atoms with E-state index >= 15 is 0 Å². The molecule has 1 unspecified atom stereocenters. The molecule has 0 saturated carbocycles. The minimum Gasteiger partial charge on any atom is -0.381 e. The molecular formula is C15H22Cl2N2O. The van der Waals surface area contributed by atoms with E-state index in [1.807, 2.05) is 12.1 Å². The van der Waals surface area contributed by atoms with E-state index in [0.717, 1.165) is 44.5 Å². The fourth-order valence-corrected chi connectivity index (χ4v) is 3.10. The van der Waals surface area contributed by atoms with Crippen molar-refractivity contribution in [1.82, 2.24) is 4.90 Å². The lowest BCUT2D eigenvalue weighted by Gasteiger charge is -2.31. The zero-order valence-corrected chi connectivity index (χ0v) is 13.3. The molecule has 1 aliphatic rings. The molecule has 3 nitrogen and oxygen atoms in total. The molecule has 1 aromatic rings. The van der Waals surface area contributed by atoms with Gasteiger partial charge in [0.25, 0.3) is 0 Å². The van der Waals surface area contributed by atoms with Crippen molar-refractivity contribution < 1.29 is 4.74 Å². The highest BCUT2D eigenvalue weighted by Gasteiger charge is 2.20. The van der Waals surface area contributed by atoms with Crippen molar-refractivity contribution in [2.45, 2.75) is 31.4 Å². The molecule has 0 bridgehead atoms. The van der Waals surface area contributed by atoms with Gasteiger partial charge in [0.1, 0.15) is 0 Å².